The first-order valence-electron chi connectivity index (χ1n) is 5.85. The van der Waals surface area contributed by atoms with Gasteiger partial charge in [0.1, 0.15) is 5.52 Å². The summed E-state index contributed by atoms with van der Waals surface area (Å²) in [6.07, 6.45) is 1.10. The second-order valence-corrected chi connectivity index (χ2v) is 5.55. The maximum atomic E-state index is 4.80. The Kier molecular flexibility index (Phi) is 4.19. The van der Waals surface area contributed by atoms with Crippen LogP contribution in [-0.4, -0.2) is 49.4 Å². The summed E-state index contributed by atoms with van der Waals surface area (Å²) in [7, 11) is 6.23. The number of benzene rings is 1. The van der Waals surface area contributed by atoms with Gasteiger partial charge in [-0.3, -0.25) is 0 Å². The molecule has 18 heavy (non-hydrogen) atoms. The van der Waals surface area contributed by atoms with Crippen molar-refractivity contribution in [2.24, 2.45) is 0 Å². The molecule has 0 aliphatic rings. The van der Waals surface area contributed by atoms with Crippen LogP contribution >= 0.6 is 15.9 Å². The van der Waals surface area contributed by atoms with Gasteiger partial charge in [-0.1, -0.05) is 15.9 Å². The first-order chi connectivity index (χ1) is 8.58. The van der Waals surface area contributed by atoms with E-state index in [0.29, 0.717) is 0 Å². The minimum Gasteiger partial charge on any atom is -0.373 e. The number of hydrogen-bond donors (Lipinski definition) is 0. The Bertz CT molecular complexity index is 526. The van der Waals surface area contributed by atoms with Crippen LogP contribution in [0, 0.1) is 0 Å². The van der Waals surface area contributed by atoms with Crippen LogP contribution in [0.3, 0.4) is 0 Å². The van der Waals surface area contributed by atoms with Crippen molar-refractivity contribution >= 4 is 32.7 Å². The molecule has 0 unspecified atom stereocenters. The molecule has 0 amide bonds. The van der Waals surface area contributed by atoms with Crippen LogP contribution in [0.5, 0.6) is 0 Å². The molecule has 0 aliphatic carbocycles. The fourth-order valence-corrected chi connectivity index (χ4v) is 2.31. The predicted molar refractivity (Wildman–Crippen MR) is 75.9 cm³/mol. The van der Waals surface area contributed by atoms with E-state index in [9.17, 15) is 0 Å². The van der Waals surface area contributed by atoms with E-state index in [0.717, 1.165) is 40.7 Å². The summed E-state index contributed by atoms with van der Waals surface area (Å²) < 4.78 is 5.78. The third kappa shape index (κ3) is 3.00. The van der Waals surface area contributed by atoms with Gasteiger partial charge in [0, 0.05) is 18.1 Å². The molecular weight excluding hydrogens is 296 g/mol. The zero-order valence-electron chi connectivity index (χ0n) is 10.9. The van der Waals surface area contributed by atoms with E-state index in [2.05, 4.69) is 57.2 Å². The third-order valence-electron chi connectivity index (χ3n) is 2.82. The molecule has 0 spiro atoms. The van der Waals surface area contributed by atoms with Gasteiger partial charge >= 0.3 is 0 Å². The smallest absolute Gasteiger partial charge is 0.158 e. The fourth-order valence-electron chi connectivity index (χ4n) is 1.87. The molecule has 0 atom stereocenters. The summed E-state index contributed by atoms with van der Waals surface area (Å²) in [4.78, 5) is 4.36. The minimum absolute atomic E-state index is 0.777. The normalized spacial score (nSPS) is 11.4. The van der Waals surface area contributed by atoms with Crippen LogP contribution in [0.25, 0.3) is 11.0 Å². The lowest BCUT2D eigenvalue weighted by Crippen LogP contribution is -2.23. The molecule has 0 radical (unpaired) electrons. The van der Waals surface area contributed by atoms with Gasteiger partial charge < -0.3 is 9.80 Å². The number of nitrogens with zero attached hydrogens (tertiary/aromatic N) is 4. The minimum atomic E-state index is 0.777. The molecule has 2 rings (SSSR count). The summed E-state index contributed by atoms with van der Waals surface area (Å²) in [5, 5.41) is 7.85. The lowest BCUT2D eigenvalue weighted by atomic mass is 10.2. The number of aromatic nitrogens is 2. The van der Waals surface area contributed by atoms with Crippen molar-refractivity contribution in [1.82, 2.24) is 15.2 Å². The van der Waals surface area contributed by atoms with Gasteiger partial charge in [-0.05, 0) is 49.5 Å². The molecule has 1 heterocycles. The maximum Gasteiger partial charge on any atom is 0.158 e. The van der Waals surface area contributed by atoms with Crippen molar-refractivity contribution in [3.63, 3.8) is 0 Å². The standard InChI is InChI=1S/C12H17BrN4O/c1-16(2)5-4-6-17(3)11-8-9(13)7-10-12(11)15-18-14-10/h7-8H,4-6H2,1-3H3. The van der Waals surface area contributed by atoms with Gasteiger partial charge in [0.25, 0.3) is 0 Å². The molecule has 2 aromatic rings. The second-order valence-electron chi connectivity index (χ2n) is 4.64. The summed E-state index contributed by atoms with van der Waals surface area (Å²) in [6.45, 7) is 2.04. The van der Waals surface area contributed by atoms with E-state index >= 15 is 0 Å². The number of rotatable bonds is 5. The molecule has 0 bridgehead atoms. The van der Waals surface area contributed by atoms with Crippen molar-refractivity contribution in [2.45, 2.75) is 6.42 Å². The fraction of sp³-hybridized carbons (Fsp3) is 0.500. The van der Waals surface area contributed by atoms with Crippen LogP contribution < -0.4 is 4.90 Å². The number of anilines is 1. The molecule has 0 N–H and O–H groups in total. The third-order valence-corrected chi connectivity index (χ3v) is 3.27. The molecule has 98 valence electrons. The Hall–Kier alpha value is -1.14. The van der Waals surface area contributed by atoms with Gasteiger partial charge in [0.2, 0.25) is 0 Å². The molecule has 0 saturated carbocycles. The molecule has 0 fully saturated rings. The average Bonchev–Trinajstić information content (AvgIpc) is 2.74. The lowest BCUT2D eigenvalue weighted by Gasteiger charge is -2.20. The van der Waals surface area contributed by atoms with Gasteiger partial charge in [-0.25, -0.2) is 4.63 Å². The van der Waals surface area contributed by atoms with Gasteiger partial charge in [0.05, 0.1) is 5.69 Å². The maximum absolute atomic E-state index is 4.80. The van der Waals surface area contributed by atoms with Crippen molar-refractivity contribution in [3.05, 3.63) is 16.6 Å². The van der Waals surface area contributed by atoms with Gasteiger partial charge in [-0.2, -0.15) is 0 Å². The summed E-state index contributed by atoms with van der Waals surface area (Å²) in [5.41, 5.74) is 2.63. The number of hydrogen-bond acceptors (Lipinski definition) is 5. The molecular formula is C12H17BrN4O. The first-order valence-corrected chi connectivity index (χ1v) is 6.65. The van der Waals surface area contributed by atoms with E-state index in [1.165, 1.54) is 0 Å². The summed E-state index contributed by atoms with van der Waals surface area (Å²) >= 11 is 3.48. The number of fused-ring (bicyclic) bond motifs is 1. The Morgan fingerprint density at radius 3 is 2.67 bits per heavy atom. The van der Waals surface area contributed by atoms with E-state index < -0.39 is 0 Å². The Balaban J connectivity index is 2.16. The molecule has 0 saturated heterocycles. The van der Waals surface area contributed by atoms with Crippen molar-refractivity contribution in [2.75, 3.05) is 39.1 Å². The highest BCUT2D eigenvalue weighted by atomic mass is 79.9. The van der Waals surface area contributed by atoms with Crippen molar-refractivity contribution in [1.29, 1.82) is 0 Å². The van der Waals surface area contributed by atoms with Crippen LogP contribution in [0.4, 0.5) is 5.69 Å². The Morgan fingerprint density at radius 1 is 1.17 bits per heavy atom. The Morgan fingerprint density at radius 2 is 1.94 bits per heavy atom. The van der Waals surface area contributed by atoms with E-state index in [4.69, 9.17) is 4.63 Å². The number of halogens is 1. The molecule has 6 heteroatoms. The van der Waals surface area contributed by atoms with Crippen molar-refractivity contribution in [3.8, 4) is 0 Å². The average molecular weight is 313 g/mol. The highest BCUT2D eigenvalue weighted by Gasteiger charge is 2.12. The van der Waals surface area contributed by atoms with E-state index in [-0.39, 0.29) is 0 Å². The van der Waals surface area contributed by atoms with Crippen LogP contribution in [0.1, 0.15) is 6.42 Å². The molecule has 0 aliphatic heterocycles. The van der Waals surface area contributed by atoms with Gasteiger partial charge in [-0.15, -0.1) is 0 Å². The van der Waals surface area contributed by atoms with E-state index in [1.807, 2.05) is 12.1 Å². The monoisotopic (exact) mass is 312 g/mol. The van der Waals surface area contributed by atoms with E-state index in [1.54, 1.807) is 0 Å². The zero-order chi connectivity index (χ0) is 13.1. The predicted octanol–water partition coefficient (Wildman–Crippen LogP) is 2.37. The lowest BCUT2D eigenvalue weighted by molar-refractivity contribution is 0.315. The molecule has 1 aromatic carbocycles. The van der Waals surface area contributed by atoms with Crippen molar-refractivity contribution < 1.29 is 4.63 Å². The quantitative estimate of drug-likeness (QED) is 0.848. The largest absolute Gasteiger partial charge is 0.373 e. The summed E-state index contributed by atoms with van der Waals surface area (Å²) in [6, 6.07) is 3.95. The SMILES string of the molecule is CN(C)CCCN(C)c1cc(Br)cc2nonc12. The Labute approximate surface area is 115 Å². The second kappa shape index (κ2) is 5.67. The first kappa shape index (κ1) is 13.3. The zero-order valence-corrected chi connectivity index (χ0v) is 12.4. The molecule has 1 aromatic heterocycles. The van der Waals surface area contributed by atoms with Gasteiger partial charge in [0.15, 0.2) is 5.52 Å². The highest BCUT2D eigenvalue weighted by Crippen LogP contribution is 2.28. The van der Waals surface area contributed by atoms with Crippen LogP contribution in [0.15, 0.2) is 21.2 Å². The molecule has 5 nitrogen and oxygen atoms in total. The topological polar surface area (TPSA) is 45.4 Å². The van der Waals surface area contributed by atoms with Crippen LogP contribution in [0.2, 0.25) is 0 Å². The highest BCUT2D eigenvalue weighted by molar-refractivity contribution is 9.10. The summed E-state index contributed by atoms with van der Waals surface area (Å²) in [5.74, 6) is 0. The van der Waals surface area contributed by atoms with Crippen LogP contribution in [-0.2, 0) is 0 Å².